The van der Waals surface area contributed by atoms with Crippen LogP contribution in [0.25, 0.3) is 0 Å². The highest BCUT2D eigenvalue weighted by Gasteiger charge is 2.28. The number of aliphatic hydroxyl groups is 2. The summed E-state index contributed by atoms with van der Waals surface area (Å²) in [6.45, 7) is 13.2. The molecule has 0 bridgehead atoms. The van der Waals surface area contributed by atoms with Crippen molar-refractivity contribution >= 4 is 0 Å². The van der Waals surface area contributed by atoms with Gasteiger partial charge in [0.1, 0.15) is 0 Å². The van der Waals surface area contributed by atoms with Gasteiger partial charge in [-0.25, -0.2) is 0 Å². The Balaban J connectivity index is 4.61. The van der Waals surface area contributed by atoms with Gasteiger partial charge in [0, 0.05) is 0 Å². The third kappa shape index (κ3) is 15.5. The van der Waals surface area contributed by atoms with Gasteiger partial charge in [-0.05, 0) is 51.4 Å². The van der Waals surface area contributed by atoms with Crippen LogP contribution in [0.1, 0.15) is 156 Å². The van der Waals surface area contributed by atoms with E-state index in [1.807, 2.05) is 0 Å². The quantitative estimate of drug-likeness (QED) is 0.134. The second-order valence-corrected chi connectivity index (χ2v) is 10.0. The van der Waals surface area contributed by atoms with E-state index in [1.165, 1.54) is 56.9 Å². The van der Waals surface area contributed by atoms with Crippen molar-refractivity contribution in [3.05, 3.63) is 12.2 Å². The molecule has 0 atom stereocenters. The zero-order valence-electron chi connectivity index (χ0n) is 21.2. The standard InChI is InChI=1S/C28H56O2/c1-6-10-14-20-27(29,21-15-11-7-2)24-18-26(5)19-25-28(30,22-16-12-8-3)23-17-13-9-4/h29-30H,5-25H2,1-4H3. The fourth-order valence-corrected chi connectivity index (χ4v) is 4.51. The summed E-state index contributed by atoms with van der Waals surface area (Å²) in [5.41, 5.74) is 0.168. The average Bonchev–Trinajstić information content (AvgIpc) is 2.72. The number of hydrogen-bond acceptors (Lipinski definition) is 2. The maximum atomic E-state index is 11.2. The average molecular weight is 425 g/mol. The van der Waals surface area contributed by atoms with Crippen molar-refractivity contribution in [3.63, 3.8) is 0 Å². The highest BCUT2D eigenvalue weighted by atomic mass is 16.3. The minimum atomic E-state index is -0.522. The third-order valence-corrected chi connectivity index (χ3v) is 6.87. The number of unbranched alkanes of at least 4 members (excludes halogenated alkanes) is 8. The van der Waals surface area contributed by atoms with Crippen LogP contribution in [0, 0.1) is 0 Å². The normalized spacial score (nSPS) is 12.5. The topological polar surface area (TPSA) is 40.5 Å². The van der Waals surface area contributed by atoms with Crippen molar-refractivity contribution < 1.29 is 10.2 Å². The third-order valence-electron chi connectivity index (χ3n) is 6.87. The zero-order valence-corrected chi connectivity index (χ0v) is 21.2. The van der Waals surface area contributed by atoms with Crippen molar-refractivity contribution in [2.45, 2.75) is 167 Å². The molecule has 0 aromatic rings. The Hall–Kier alpha value is -0.340. The Morgan fingerprint density at radius 3 is 1.00 bits per heavy atom. The predicted molar refractivity (Wildman–Crippen MR) is 134 cm³/mol. The van der Waals surface area contributed by atoms with Gasteiger partial charge in [0.2, 0.25) is 0 Å². The molecule has 0 aliphatic carbocycles. The van der Waals surface area contributed by atoms with Crippen LogP contribution < -0.4 is 0 Å². The maximum absolute atomic E-state index is 11.2. The van der Waals surface area contributed by atoms with Crippen molar-refractivity contribution in [2.24, 2.45) is 0 Å². The summed E-state index contributed by atoms with van der Waals surface area (Å²) in [5, 5.41) is 22.5. The minimum absolute atomic E-state index is 0.522. The van der Waals surface area contributed by atoms with E-state index in [0.29, 0.717) is 0 Å². The van der Waals surface area contributed by atoms with Crippen LogP contribution in [-0.2, 0) is 0 Å². The zero-order chi connectivity index (χ0) is 22.7. The van der Waals surface area contributed by atoms with Crippen LogP contribution in [0.15, 0.2) is 12.2 Å². The molecular weight excluding hydrogens is 368 g/mol. The lowest BCUT2D eigenvalue weighted by Gasteiger charge is -2.31. The lowest BCUT2D eigenvalue weighted by atomic mass is 9.82. The summed E-state index contributed by atoms with van der Waals surface area (Å²) < 4.78 is 0. The van der Waals surface area contributed by atoms with E-state index in [0.717, 1.165) is 77.0 Å². The van der Waals surface area contributed by atoms with Crippen LogP contribution >= 0.6 is 0 Å². The van der Waals surface area contributed by atoms with Gasteiger partial charge < -0.3 is 10.2 Å². The molecule has 180 valence electrons. The lowest BCUT2D eigenvalue weighted by Crippen LogP contribution is -2.30. The Kier molecular flexibility index (Phi) is 18.0. The van der Waals surface area contributed by atoms with Crippen molar-refractivity contribution in [2.75, 3.05) is 0 Å². The first kappa shape index (κ1) is 29.7. The summed E-state index contributed by atoms with van der Waals surface area (Å²) in [6.07, 6.45) is 21.3. The summed E-state index contributed by atoms with van der Waals surface area (Å²) in [6, 6.07) is 0. The minimum Gasteiger partial charge on any atom is -0.390 e. The fraction of sp³-hybridized carbons (Fsp3) is 0.929. The van der Waals surface area contributed by atoms with E-state index in [4.69, 9.17) is 0 Å². The Morgan fingerprint density at radius 1 is 0.500 bits per heavy atom. The van der Waals surface area contributed by atoms with Crippen LogP contribution in [0.4, 0.5) is 0 Å². The molecule has 30 heavy (non-hydrogen) atoms. The molecule has 0 rings (SSSR count). The predicted octanol–water partition coefficient (Wildman–Crippen LogP) is 8.89. The van der Waals surface area contributed by atoms with E-state index in [2.05, 4.69) is 34.3 Å². The highest BCUT2D eigenvalue weighted by molar-refractivity contribution is 4.99. The summed E-state index contributed by atoms with van der Waals surface area (Å²) in [5.74, 6) is 0. The Morgan fingerprint density at radius 2 is 0.767 bits per heavy atom. The molecular formula is C28H56O2. The first-order chi connectivity index (χ1) is 14.3. The molecule has 0 aliphatic heterocycles. The van der Waals surface area contributed by atoms with Gasteiger partial charge in [0.25, 0.3) is 0 Å². The van der Waals surface area contributed by atoms with Gasteiger partial charge in [0.15, 0.2) is 0 Å². The molecule has 0 saturated heterocycles. The summed E-state index contributed by atoms with van der Waals surface area (Å²) in [4.78, 5) is 0. The molecule has 0 spiro atoms. The van der Waals surface area contributed by atoms with Gasteiger partial charge >= 0.3 is 0 Å². The second-order valence-electron chi connectivity index (χ2n) is 10.0. The molecule has 0 aromatic carbocycles. The van der Waals surface area contributed by atoms with Crippen LogP contribution in [0.5, 0.6) is 0 Å². The van der Waals surface area contributed by atoms with Gasteiger partial charge in [-0.2, -0.15) is 0 Å². The lowest BCUT2D eigenvalue weighted by molar-refractivity contribution is 0.00587. The molecule has 0 radical (unpaired) electrons. The SMILES string of the molecule is C=C(CCC(O)(CCCCC)CCCCC)CCC(O)(CCCCC)CCCCC. The van der Waals surface area contributed by atoms with Crippen molar-refractivity contribution in [3.8, 4) is 0 Å². The fourth-order valence-electron chi connectivity index (χ4n) is 4.51. The van der Waals surface area contributed by atoms with E-state index in [1.54, 1.807) is 0 Å². The van der Waals surface area contributed by atoms with E-state index in [-0.39, 0.29) is 0 Å². The Bertz CT molecular complexity index is 345. The second kappa shape index (κ2) is 18.3. The smallest absolute Gasteiger partial charge is 0.0650 e. The van der Waals surface area contributed by atoms with E-state index < -0.39 is 11.2 Å². The van der Waals surface area contributed by atoms with Crippen LogP contribution in [0.2, 0.25) is 0 Å². The molecule has 0 unspecified atom stereocenters. The van der Waals surface area contributed by atoms with Gasteiger partial charge in [0.05, 0.1) is 11.2 Å². The van der Waals surface area contributed by atoms with E-state index >= 15 is 0 Å². The molecule has 2 N–H and O–H groups in total. The molecule has 0 aliphatic rings. The largest absolute Gasteiger partial charge is 0.390 e. The molecule has 0 aromatic heterocycles. The molecule has 0 fully saturated rings. The number of hydrogen-bond donors (Lipinski definition) is 2. The van der Waals surface area contributed by atoms with Crippen molar-refractivity contribution in [1.29, 1.82) is 0 Å². The first-order valence-electron chi connectivity index (χ1n) is 13.5. The molecule has 2 heteroatoms. The molecule has 2 nitrogen and oxygen atoms in total. The summed E-state index contributed by atoms with van der Waals surface area (Å²) in [7, 11) is 0. The van der Waals surface area contributed by atoms with E-state index in [9.17, 15) is 10.2 Å². The van der Waals surface area contributed by atoms with Crippen LogP contribution in [0.3, 0.4) is 0 Å². The summed E-state index contributed by atoms with van der Waals surface area (Å²) >= 11 is 0. The van der Waals surface area contributed by atoms with Gasteiger partial charge in [-0.3, -0.25) is 0 Å². The van der Waals surface area contributed by atoms with Gasteiger partial charge in [-0.15, -0.1) is 0 Å². The highest BCUT2D eigenvalue weighted by Crippen LogP contribution is 2.32. The number of rotatable bonds is 22. The maximum Gasteiger partial charge on any atom is 0.0650 e. The molecule has 0 heterocycles. The van der Waals surface area contributed by atoms with Gasteiger partial charge in [-0.1, -0.05) is 117 Å². The first-order valence-corrected chi connectivity index (χ1v) is 13.5. The monoisotopic (exact) mass is 424 g/mol. The number of allylic oxidation sites excluding steroid dienone is 1. The Labute approximate surface area is 189 Å². The molecule has 0 saturated carbocycles. The van der Waals surface area contributed by atoms with Crippen LogP contribution in [-0.4, -0.2) is 21.4 Å². The van der Waals surface area contributed by atoms with Crippen molar-refractivity contribution in [1.82, 2.24) is 0 Å². The molecule has 0 amide bonds.